The maximum Gasteiger partial charge on any atom is 0.223 e. The molecule has 2 atom stereocenters. The SMILES string of the molecule is Cc1ncc(CNC(=O)C2CC3CCCC(C2)C3N)s1.Cl.Cl. The summed E-state index contributed by atoms with van der Waals surface area (Å²) in [6, 6.07) is 0.331. The Balaban J connectivity index is 0.00000121. The van der Waals surface area contributed by atoms with Crippen LogP contribution in [0.3, 0.4) is 0 Å². The van der Waals surface area contributed by atoms with Crippen molar-refractivity contribution in [3.63, 3.8) is 0 Å². The summed E-state index contributed by atoms with van der Waals surface area (Å²) in [4.78, 5) is 17.7. The highest BCUT2D eigenvalue weighted by Gasteiger charge is 2.40. The van der Waals surface area contributed by atoms with Gasteiger partial charge in [-0.15, -0.1) is 36.2 Å². The predicted molar refractivity (Wildman–Crippen MR) is 94.7 cm³/mol. The molecule has 4 nitrogen and oxygen atoms in total. The molecule has 1 aromatic rings. The van der Waals surface area contributed by atoms with Gasteiger partial charge in [0.05, 0.1) is 11.6 Å². The first-order valence-electron chi connectivity index (χ1n) is 7.58. The lowest BCUT2D eigenvalue weighted by Gasteiger charge is -2.43. The average molecular weight is 366 g/mol. The molecule has 7 heteroatoms. The fourth-order valence-corrected chi connectivity index (χ4v) is 4.54. The fourth-order valence-electron chi connectivity index (χ4n) is 3.81. The van der Waals surface area contributed by atoms with E-state index in [2.05, 4.69) is 10.3 Å². The number of hydrogen-bond acceptors (Lipinski definition) is 4. The van der Waals surface area contributed by atoms with Crippen LogP contribution in [0.5, 0.6) is 0 Å². The monoisotopic (exact) mass is 365 g/mol. The summed E-state index contributed by atoms with van der Waals surface area (Å²) in [5, 5.41) is 4.13. The van der Waals surface area contributed by atoms with Crippen molar-refractivity contribution in [2.75, 3.05) is 0 Å². The Hall–Kier alpha value is -0.360. The average Bonchev–Trinajstić information content (AvgIpc) is 2.81. The van der Waals surface area contributed by atoms with Crippen LogP contribution in [0.15, 0.2) is 6.20 Å². The van der Waals surface area contributed by atoms with Gasteiger partial charge in [-0.2, -0.15) is 0 Å². The van der Waals surface area contributed by atoms with Crippen molar-refractivity contribution in [2.45, 2.75) is 51.6 Å². The number of nitrogens with one attached hydrogen (secondary N) is 1. The molecule has 2 saturated carbocycles. The summed E-state index contributed by atoms with van der Waals surface area (Å²) in [6.45, 7) is 2.60. The van der Waals surface area contributed by atoms with E-state index in [1.165, 1.54) is 19.3 Å². The van der Waals surface area contributed by atoms with Gasteiger partial charge in [0, 0.05) is 23.0 Å². The number of aryl methyl sites for hydroxylation is 1. The van der Waals surface area contributed by atoms with Gasteiger partial charge in [0.15, 0.2) is 0 Å². The van der Waals surface area contributed by atoms with Crippen LogP contribution in [-0.4, -0.2) is 16.9 Å². The zero-order valence-corrected chi connectivity index (χ0v) is 15.2. The van der Waals surface area contributed by atoms with Crippen molar-refractivity contribution >= 4 is 42.1 Å². The first kappa shape index (κ1) is 19.7. The van der Waals surface area contributed by atoms with Crippen LogP contribution < -0.4 is 11.1 Å². The summed E-state index contributed by atoms with van der Waals surface area (Å²) in [7, 11) is 0. The third-order valence-electron chi connectivity index (χ3n) is 4.89. The van der Waals surface area contributed by atoms with Gasteiger partial charge in [-0.3, -0.25) is 4.79 Å². The maximum absolute atomic E-state index is 12.3. The van der Waals surface area contributed by atoms with Crippen LogP contribution in [0.4, 0.5) is 0 Å². The summed E-state index contributed by atoms with van der Waals surface area (Å²) in [5.74, 6) is 1.49. The van der Waals surface area contributed by atoms with E-state index in [1.807, 2.05) is 13.1 Å². The number of rotatable bonds is 3. The van der Waals surface area contributed by atoms with Gasteiger partial charge in [0.2, 0.25) is 5.91 Å². The summed E-state index contributed by atoms with van der Waals surface area (Å²) in [5.41, 5.74) is 6.28. The van der Waals surface area contributed by atoms with E-state index < -0.39 is 0 Å². The van der Waals surface area contributed by atoms with Gasteiger partial charge in [-0.25, -0.2) is 4.98 Å². The summed E-state index contributed by atoms with van der Waals surface area (Å²) < 4.78 is 0. The van der Waals surface area contributed by atoms with Crippen molar-refractivity contribution in [2.24, 2.45) is 23.5 Å². The van der Waals surface area contributed by atoms with Gasteiger partial charge < -0.3 is 11.1 Å². The van der Waals surface area contributed by atoms with Crippen molar-refractivity contribution in [1.82, 2.24) is 10.3 Å². The summed E-state index contributed by atoms with van der Waals surface area (Å²) in [6.07, 6.45) is 7.50. The molecule has 3 rings (SSSR count). The molecule has 0 aromatic carbocycles. The molecule has 2 unspecified atom stereocenters. The molecule has 2 aliphatic carbocycles. The number of aromatic nitrogens is 1. The number of carbonyl (C=O) groups excluding carboxylic acids is 1. The zero-order valence-electron chi connectivity index (χ0n) is 12.8. The molecule has 0 spiro atoms. The number of amides is 1. The lowest BCUT2D eigenvalue weighted by Crippen LogP contribution is -2.49. The highest BCUT2D eigenvalue weighted by molar-refractivity contribution is 7.11. The minimum Gasteiger partial charge on any atom is -0.351 e. The van der Waals surface area contributed by atoms with E-state index >= 15 is 0 Å². The fraction of sp³-hybridized carbons (Fsp3) is 0.733. The second-order valence-corrected chi connectivity index (χ2v) is 7.58. The van der Waals surface area contributed by atoms with Gasteiger partial charge in [-0.1, -0.05) is 6.42 Å². The van der Waals surface area contributed by atoms with Gasteiger partial charge in [-0.05, 0) is 44.4 Å². The molecule has 0 radical (unpaired) electrons. The van der Waals surface area contributed by atoms with Crippen molar-refractivity contribution in [3.05, 3.63) is 16.1 Å². The lowest BCUT2D eigenvalue weighted by molar-refractivity contribution is -0.128. The molecule has 0 saturated heterocycles. The molecule has 1 amide bonds. The molecule has 2 bridgehead atoms. The van der Waals surface area contributed by atoms with E-state index in [-0.39, 0.29) is 36.6 Å². The predicted octanol–water partition coefficient (Wildman–Crippen LogP) is 3.06. The molecule has 1 aromatic heterocycles. The number of fused-ring (bicyclic) bond motifs is 2. The number of halogens is 2. The van der Waals surface area contributed by atoms with Crippen LogP contribution in [0.1, 0.15) is 42.0 Å². The minimum absolute atomic E-state index is 0. The molecular formula is C15H25Cl2N3OS. The highest BCUT2D eigenvalue weighted by Crippen LogP contribution is 2.41. The second kappa shape index (κ2) is 8.48. The lowest BCUT2D eigenvalue weighted by atomic mass is 9.65. The van der Waals surface area contributed by atoms with Gasteiger partial charge in [0.25, 0.3) is 0 Å². The Morgan fingerprint density at radius 3 is 2.55 bits per heavy atom. The Morgan fingerprint density at radius 2 is 2.00 bits per heavy atom. The Kier molecular flexibility index (Phi) is 7.59. The Morgan fingerprint density at radius 1 is 1.36 bits per heavy atom. The first-order valence-corrected chi connectivity index (χ1v) is 8.39. The number of nitrogens with two attached hydrogens (primary N) is 1. The van der Waals surface area contributed by atoms with E-state index in [0.29, 0.717) is 24.4 Å². The highest BCUT2D eigenvalue weighted by atomic mass is 35.5. The van der Waals surface area contributed by atoms with Gasteiger partial charge in [0.1, 0.15) is 0 Å². The number of carbonyl (C=O) groups is 1. The maximum atomic E-state index is 12.3. The van der Waals surface area contributed by atoms with Crippen LogP contribution in [0.25, 0.3) is 0 Å². The number of thiazole rings is 1. The van der Waals surface area contributed by atoms with Crippen molar-refractivity contribution in [1.29, 1.82) is 0 Å². The van der Waals surface area contributed by atoms with Crippen molar-refractivity contribution in [3.8, 4) is 0 Å². The molecule has 2 fully saturated rings. The molecule has 0 aliphatic heterocycles. The topological polar surface area (TPSA) is 68.0 Å². The normalized spacial score (nSPS) is 29.9. The van der Waals surface area contributed by atoms with Crippen molar-refractivity contribution < 1.29 is 4.79 Å². The summed E-state index contributed by atoms with van der Waals surface area (Å²) >= 11 is 1.65. The van der Waals surface area contributed by atoms with Crippen LogP contribution in [-0.2, 0) is 11.3 Å². The quantitative estimate of drug-likeness (QED) is 0.864. The second-order valence-electron chi connectivity index (χ2n) is 6.26. The molecule has 2 aliphatic rings. The molecule has 126 valence electrons. The Bertz CT molecular complexity index is 483. The molecular weight excluding hydrogens is 341 g/mol. The molecule has 1 heterocycles. The minimum atomic E-state index is 0. The Labute approximate surface area is 148 Å². The molecule has 3 N–H and O–H groups in total. The third kappa shape index (κ3) is 4.34. The van der Waals surface area contributed by atoms with Crippen LogP contribution in [0.2, 0.25) is 0 Å². The molecule has 22 heavy (non-hydrogen) atoms. The number of nitrogens with zero attached hydrogens (tertiary/aromatic N) is 1. The third-order valence-corrected chi connectivity index (χ3v) is 5.80. The standard InChI is InChI=1S/C15H23N3OS.2ClH/c1-9-17-7-13(20-9)8-18-15(19)12-5-10-3-2-4-11(6-12)14(10)16;;/h7,10-12,14H,2-6,8,16H2,1H3,(H,18,19);2*1H. The van der Waals surface area contributed by atoms with E-state index in [4.69, 9.17) is 5.73 Å². The van der Waals surface area contributed by atoms with E-state index in [9.17, 15) is 4.79 Å². The van der Waals surface area contributed by atoms with E-state index in [0.717, 1.165) is 22.7 Å². The van der Waals surface area contributed by atoms with Gasteiger partial charge >= 0.3 is 0 Å². The van der Waals surface area contributed by atoms with Crippen LogP contribution >= 0.6 is 36.2 Å². The largest absolute Gasteiger partial charge is 0.351 e. The zero-order chi connectivity index (χ0) is 14.1. The van der Waals surface area contributed by atoms with Crippen LogP contribution in [0, 0.1) is 24.7 Å². The number of hydrogen-bond donors (Lipinski definition) is 2. The smallest absolute Gasteiger partial charge is 0.223 e. The van der Waals surface area contributed by atoms with E-state index in [1.54, 1.807) is 11.3 Å². The first-order chi connectivity index (χ1) is 9.63.